The van der Waals surface area contributed by atoms with Gasteiger partial charge in [0.25, 0.3) is 0 Å². The molecule has 0 radical (unpaired) electrons. The molecule has 1 aliphatic carbocycles. The molecule has 0 aromatic heterocycles. The van der Waals surface area contributed by atoms with Crippen LogP contribution in [0.3, 0.4) is 0 Å². The van der Waals surface area contributed by atoms with Crippen LogP contribution in [-0.4, -0.2) is 32.3 Å². The molecule has 0 heterocycles. The molecule has 1 aromatic rings. The first-order chi connectivity index (χ1) is 9.16. The molecule has 3 N–H and O–H groups in total. The Bertz CT molecular complexity index is 431. The maximum Gasteiger partial charge on any atom is 0.166 e. The number of rotatable bonds is 4. The van der Waals surface area contributed by atoms with Gasteiger partial charge in [0.1, 0.15) is 0 Å². The minimum atomic E-state index is 0.372. The van der Waals surface area contributed by atoms with Gasteiger partial charge in [-0.1, -0.05) is 24.3 Å². The zero-order valence-electron chi connectivity index (χ0n) is 11.8. The predicted molar refractivity (Wildman–Crippen MR) is 83.5 cm³/mol. The number of benzene rings is 1. The van der Waals surface area contributed by atoms with Crippen LogP contribution in [0.5, 0.6) is 0 Å². The van der Waals surface area contributed by atoms with Gasteiger partial charge in [-0.2, -0.15) is 0 Å². The Labute approximate surface area is 121 Å². The minimum absolute atomic E-state index is 0.372. The Hall–Kier alpha value is -1.13. The van der Waals surface area contributed by atoms with Gasteiger partial charge in [0, 0.05) is 0 Å². The summed E-state index contributed by atoms with van der Waals surface area (Å²) < 4.78 is 0. The third-order valence-corrected chi connectivity index (χ3v) is 3.85. The van der Waals surface area contributed by atoms with Gasteiger partial charge in [-0.15, -0.1) is 0 Å². The first-order valence-electron chi connectivity index (χ1n) is 7.08. The summed E-state index contributed by atoms with van der Waals surface area (Å²) in [5.41, 5.74) is 2.88. The highest BCUT2D eigenvalue weighted by Gasteiger charge is 2.19. The number of likely N-dealkylation sites (N-methyl/N-ethyl adjacent to an activating group) is 1. The lowest BCUT2D eigenvalue weighted by Gasteiger charge is -2.27. The third kappa shape index (κ3) is 4.18. The van der Waals surface area contributed by atoms with Crippen molar-refractivity contribution in [3.05, 3.63) is 35.4 Å². The normalized spacial score (nSPS) is 17.9. The minimum Gasteiger partial charge on any atom is -0.357 e. The van der Waals surface area contributed by atoms with E-state index in [9.17, 15) is 0 Å². The molecule has 104 valence electrons. The Morgan fingerprint density at radius 3 is 2.95 bits per heavy atom. The van der Waals surface area contributed by atoms with Crippen molar-refractivity contribution < 1.29 is 4.90 Å². The van der Waals surface area contributed by atoms with Crippen LogP contribution in [-0.2, 0) is 6.42 Å². The molecule has 3 nitrogen and oxygen atoms in total. The highest BCUT2D eigenvalue weighted by molar-refractivity contribution is 7.80. The number of thiocarbonyl (C=S) groups is 1. The summed E-state index contributed by atoms with van der Waals surface area (Å²) in [6.07, 6.45) is 3.59. The fraction of sp³-hybridized carbons (Fsp3) is 0.533. The lowest BCUT2D eigenvalue weighted by Crippen LogP contribution is -3.06. The Kier molecular flexibility index (Phi) is 5.16. The summed E-state index contributed by atoms with van der Waals surface area (Å²) in [5.74, 6) is 0. The van der Waals surface area contributed by atoms with E-state index in [-0.39, 0.29) is 0 Å². The van der Waals surface area contributed by atoms with E-state index in [0.29, 0.717) is 6.04 Å². The number of fused-ring (bicyclic) bond motifs is 1. The van der Waals surface area contributed by atoms with E-state index < -0.39 is 0 Å². The Morgan fingerprint density at radius 1 is 1.37 bits per heavy atom. The van der Waals surface area contributed by atoms with E-state index in [0.717, 1.165) is 24.6 Å². The van der Waals surface area contributed by atoms with Gasteiger partial charge < -0.3 is 15.5 Å². The molecule has 4 heteroatoms. The fourth-order valence-corrected chi connectivity index (χ4v) is 2.78. The van der Waals surface area contributed by atoms with Crippen LogP contribution in [0, 0.1) is 0 Å². The summed E-state index contributed by atoms with van der Waals surface area (Å²) in [4.78, 5) is 1.43. The van der Waals surface area contributed by atoms with E-state index in [4.69, 9.17) is 12.2 Å². The van der Waals surface area contributed by atoms with E-state index in [1.165, 1.54) is 28.9 Å². The second kappa shape index (κ2) is 6.87. The molecule has 1 aromatic carbocycles. The van der Waals surface area contributed by atoms with Crippen LogP contribution >= 0.6 is 12.2 Å². The molecule has 0 spiro atoms. The van der Waals surface area contributed by atoms with Crippen LogP contribution in [0.4, 0.5) is 0 Å². The van der Waals surface area contributed by atoms with Gasteiger partial charge in [-0.25, -0.2) is 0 Å². The van der Waals surface area contributed by atoms with Crippen molar-refractivity contribution in [2.24, 2.45) is 0 Å². The molecular weight excluding hydrogens is 254 g/mol. The molecule has 0 bridgehead atoms. The van der Waals surface area contributed by atoms with Crippen molar-refractivity contribution >= 4 is 17.3 Å². The SMILES string of the molecule is C[NH+](C)CCNC(=S)N[C@H]1CCCc2ccccc21. The molecule has 0 unspecified atom stereocenters. The largest absolute Gasteiger partial charge is 0.357 e. The van der Waals surface area contributed by atoms with E-state index in [1.54, 1.807) is 0 Å². The number of nitrogens with one attached hydrogen (secondary N) is 3. The van der Waals surface area contributed by atoms with Crippen molar-refractivity contribution in [2.75, 3.05) is 27.2 Å². The van der Waals surface area contributed by atoms with Gasteiger partial charge in [0.15, 0.2) is 5.11 Å². The standard InChI is InChI=1S/C15H23N3S/c1-18(2)11-10-16-15(19)17-14-9-5-7-12-6-3-4-8-13(12)14/h3-4,6,8,14H,5,7,9-11H2,1-2H3,(H2,16,17,19)/p+1/t14-/m0/s1. The summed E-state index contributed by atoms with van der Waals surface area (Å²) in [7, 11) is 4.30. The van der Waals surface area contributed by atoms with E-state index >= 15 is 0 Å². The van der Waals surface area contributed by atoms with Crippen molar-refractivity contribution in [3.8, 4) is 0 Å². The number of hydrogen-bond acceptors (Lipinski definition) is 1. The Balaban J connectivity index is 1.88. The van der Waals surface area contributed by atoms with Crippen LogP contribution in [0.2, 0.25) is 0 Å². The second-order valence-corrected chi connectivity index (χ2v) is 5.91. The molecule has 0 aliphatic heterocycles. The van der Waals surface area contributed by atoms with Crippen molar-refractivity contribution in [1.29, 1.82) is 0 Å². The monoisotopic (exact) mass is 278 g/mol. The lowest BCUT2D eigenvalue weighted by atomic mass is 9.88. The number of aryl methyl sites for hydroxylation is 1. The molecule has 0 fully saturated rings. The first kappa shape index (κ1) is 14.3. The topological polar surface area (TPSA) is 28.5 Å². The summed E-state index contributed by atoms with van der Waals surface area (Å²) in [6.45, 7) is 1.99. The van der Waals surface area contributed by atoms with Crippen LogP contribution in [0.1, 0.15) is 30.0 Å². The van der Waals surface area contributed by atoms with Crippen LogP contribution < -0.4 is 15.5 Å². The quantitative estimate of drug-likeness (QED) is 0.707. The van der Waals surface area contributed by atoms with Crippen molar-refractivity contribution in [1.82, 2.24) is 10.6 Å². The lowest BCUT2D eigenvalue weighted by molar-refractivity contribution is -0.856. The first-order valence-corrected chi connectivity index (χ1v) is 7.49. The molecular formula is C15H24N3S+. The van der Waals surface area contributed by atoms with Gasteiger partial charge in [-0.3, -0.25) is 0 Å². The summed E-state index contributed by atoms with van der Waals surface area (Å²) >= 11 is 5.38. The maximum atomic E-state index is 5.38. The Morgan fingerprint density at radius 2 is 2.16 bits per heavy atom. The van der Waals surface area contributed by atoms with Crippen LogP contribution in [0.25, 0.3) is 0 Å². The molecule has 19 heavy (non-hydrogen) atoms. The smallest absolute Gasteiger partial charge is 0.166 e. The number of quaternary nitrogens is 1. The van der Waals surface area contributed by atoms with Gasteiger partial charge >= 0.3 is 0 Å². The average molecular weight is 278 g/mol. The maximum absolute atomic E-state index is 5.38. The molecule has 2 rings (SSSR count). The second-order valence-electron chi connectivity index (χ2n) is 5.50. The highest BCUT2D eigenvalue weighted by Crippen LogP contribution is 2.29. The molecule has 1 aliphatic rings. The van der Waals surface area contributed by atoms with Gasteiger partial charge in [-0.05, 0) is 42.6 Å². The number of hydrogen-bond donors (Lipinski definition) is 3. The summed E-state index contributed by atoms with van der Waals surface area (Å²) in [5, 5.41) is 7.53. The predicted octanol–water partition coefficient (Wildman–Crippen LogP) is 0.673. The molecule has 0 amide bonds. The summed E-state index contributed by atoms with van der Waals surface area (Å²) in [6, 6.07) is 9.06. The average Bonchev–Trinajstić information content (AvgIpc) is 2.39. The zero-order valence-corrected chi connectivity index (χ0v) is 12.6. The van der Waals surface area contributed by atoms with Crippen molar-refractivity contribution in [3.63, 3.8) is 0 Å². The molecule has 0 saturated heterocycles. The van der Waals surface area contributed by atoms with Gasteiger partial charge in [0.05, 0.1) is 33.2 Å². The highest BCUT2D eigenvalue weighted by atomic mass is 32.1. The molecule has 0 saturated carbocycles. The van der Waals surface area contributed by atoms with E-state index in [2.05, 4.69) is 49.0 Å². The van der Waals surface area contributed by atoms with E-state index in [1.807, 2.05) is 0 Å². The third-order valence-electron chi connectivity index (χ3n) is 3.59. The fourth-order valence-electron chi connectivity index (χ4n) is 2.54. The molecule has 1 atom stereocenters. The van der Waals surface area contributed by atoms with Crippen molar-refractivity contribution in [2.45, 2.75) is 25.3 Å². The zero-order chi connectivity index (χ0) is 13.7. The van der Waals surface area contributed by atoms with Crippen LogP contribution in [0.15, 0.2) is 24.3 Å². The van der Waals surface area contributed by atoms with Gasteiger partial charge in [0.2, 0.25) is 0 Å².